The molecule has 5 heteroatoms. The first-order chi connectivity index (χ1) is 5.79. The Kier molecular flexibility index (Phi) is 1.65. The summed E-state index contributed by atoms with van der Waals surface area (Å²) < 4.78 is 0. The van der Waals surface area contributed by atoms with Crippen molar-refractivity contribution in [1.29, 1.82) is 0 Å². The van der Waals surface area contributed by atoms with Gasteiger partial charge in [-0.3, -0.25) is 0 Å². The molecule has 4 nitrogen and oxygen atoms in total. The Hall–Kier alpha value is -1.23. The number of H-pyrrole nitrogens is 1. The molecule has 0 bridgehead atoms. The van der Waals surface area contributed by atoms with E-state index in [1.807, 2.05) is 6.07 Å². The summed E-state index contributed by atoms with van der Waals surface area (Å²) in [6.45, 7) is 2.99. The zero-order valence-electron chi connectivity index (χ0n) is 6.72. The molecule has 0 fully saturated rings. The van der Waals surface area contributed by atoms with Crippen LogP contribution < -0.4 is 11.1 Å². The topological polar surface area (TPSA) is 66.7 Å². The van der Waals surface area contributed by atoms with Crippen molar-refractivity contribution in [2.75, 3.05) is 17.6 Å². The molecular formula is C7H10N4S. The molecule has 0 aliphatic rings. The van der Waals surface area contributed by atoms with Gasteiger partial charge in [0.25, 0.3) is 0 Å². The van der Waals surface area contributed by atoms with Crippen molar-refractivity contribution >= 4 is 32.6 Å². The number of thiophene rings is 1. The molecule has 2 aromatic heterocycles. The molecule has 0 radical (unpaired) electrons. The third-order valence-corrected chi connectivity index (χ3v) is 2.53. The molecular weight excluding hydrogens is 172 g/mol. The van der Waals surface area contributed by atoms with Gasteiger partial charge in [0.05, 0.1) is 10.5 Å². The number of fused-ring (bicyclic) bond motifs is 1. The Bertz CT molecular complexity index is 357. The Morgan fingerprint density at radius 3 is 3.25 bits per heavy atom. The van der Waals surface area contributed by atoms with Gasteiger partial charge in [-0.15, -0.1) is 0 Å². The first-order valence-corrected chi connectivity index (χ1v) is 4.60. The van der Waals surface area contributed by atoms with Crippen LogP contribution in [0, 0.1) is 0 Å². The van der Waals surface area contributed by atoms with Crippen LogP contribution in [0.25, 0.3) is 10.3 Å². The smallest absolute Gasteiger partial charge is 0.199 e. The van der Waals surface area contributed by atoms with Crippen molar-refractivity contribution in [3.8, 4) is 0 Å². The number of imidazole rings is 1. The van der Waals surface area contributed by atoms with E-state index >= 15 is 0 Å². The average Bonchev–Trinajstić information content (AvgIpc) is 2.44. The number of nitrogens with zero attached hydrogens (tertiary/aromatic N) is 1. The number of nitrogen functional groups attached to an aromatic ring is 1. The van der Waals surface area contributed by atoms with Gasteiger partial charge in [0.15, 0.2) is 5.95 Å². The summed E-state index contributed by atoms with van der Waals surface area (Å²) in [5.74, 6) is 0.485. The first kappa shape index (κ1) is 7.42. The Labute approximate surface area is 73.8 Å². The van der Waals surface area contributed by atoms with E-state index in [1.54, 1.807) is 11.3 Å². The highest BCUT2D eigenvalue weighted by Gasteiger charge is 2.04. The van der Waals surface area contributed by atoms with Gasteiger partial charge in [-0.05, 0) is 13.0 Å². The van der Waals surface area contributed by atoms with Crippen molar-refractivity contribution in [1.82, 2.24) is 9.97 Å². The molecule has 0 spiro atoms. The summed E-state index contributed by atoms with van der Waals surface area (Å²) in [6.07, 6.45) is 0. The van der Waals surface area contributed by atoms with Crippen LogP contribution >= 0.6 is 11.3 Å². The highest BCUT2D eigenvalue weighted by Crippen LogP contribution is 2.27. The second-order valence-corrected chi connectivity index (χ2v) is 3.51. The van der Waals surface area contributed by atoms with Crippen LogP contribution in [-0.4, -0.2) is 16.5 Å². The molecule has 0 aliphatic carbocycles. The number of hydrogen-bond acceptors (Lipinski definition) is 4. The van der Waals surface area contributed by atoms with Gasteiger partial charge >= 0.3 is 0 Å². The van der Waals surface area contributed by atoms with E-state index in [-0.39, 0.29) is 0 Å². The predicted molar refractivity (Wildman–Crippen MR) is 52.5 cm³/mol. The standard InChI is InChI=1S/C7H10N4S/c1-2-9-5-3-4-6(12-5)11-7(8)10-4/h3,9H,2H2,1H3,(H3,8,10,11). The minimum absolute atomic E-state index is 0.485. The van der Waals surface area contributed by atoms with Crippen LogP contribution in [0.1, 0.15) is 6.92 Å². The number of nitrogens with one attached hydrogen (secondary N) is 2. The number of aromatic nitrogens is 2. The van der Waals surface area contributed by atoms with Crippen LogP contribution in [0.4, 0.5) is 10.9 Å². The maximum Gasteiger partial charge on any atom is 0.199 e. The number of hydrogen-bond donors (Lipinski definition) is 3. The minimum atomic E-state index is 0.485. The summed E-state index contributed by atoms with van der Waals surface area (Å²) in [5.41, 5.74) is 6.49. The van der Waals surface area contributed by atoms with Crippen LogP contribution in [0.3, 0.4) is 0 Å². The fourth-order valence-corrected chi connectivity index (χ4v) is 2.06. The Morgan fingerprint density at radius 1 is 1.75 bits per heavy atom. The monoisotopic (exact) mass is 182 g/mol. The fourth-order valence-electron chi connectivity index (χ4n) is 1.09. The van der Waals surface area contributed by atoms with E-state index in [0.29, 0.717) is 5.95 Å². The van der Waals surface area contributed by atoms with E-state index in [4.69, 9.17) is 5.73 Å². The Balaban J connectivity index is 2.43. The summed E-state index contributed by atoms with van der Waals surface area (Å²) in [7, 11) is 0. The van der Waals surface area contributed by atoms with Crippen LogP contribution in [0.15, 0.2) is 6.07 Å². The average molecular weight is 182 g/mol. The van der Waals surface area contributed by atoms with Crippen molar-refractivity contribution in [2.24, 2.45) is 0 Å². The molecule has 2 aromatic rings. The number of anilines is 2. The molecule has 0 aliphatic heterocycles. The van der Waals surface area contributed by atoms with Crippen molar-refractivity contribution in [2.45, 2.75) is 6.92 Å². The van der Waals surface area contributed by atoms with Gasteiger partial charge in [0, 0.05) is 6.54 Å². The van der Waals surface area contributed by atoms with E-state index in [9.17, 15) is 0 Å². The lowest BCUT2D eigenvalue weighted by atomic mass is 10.5. The minimum Gasteiger partial charge on any atom is -0.377 e. The second kappa shape index (κ2) is 2.67. The Morgan fingerprint density at radius 2 is 2.58 bits per heavy atom. The number of nitrogens with two attached hydrogens (primary N) is 1. The fraction of sp³-hybridized carbons (Fsp3) is 0.286. The normalized spacial score (nSPS) is 10.8. The summed E-state index contributed by atoms with van der Waals surface area (Å²) >= 11 is 1.61. The lowest BCUT2D eigenvalue weighted by Gasteiger charge is -1.93. The molecule has 0 saturated carbocycles. The molecule has 2 rings (SSSR count). The van der Waals surface area contributed by atoms with Crippen LogP contribution in [0.2, 0.25) is 0 Å². The van der Waals surface area contributed by atoms with E-state index in [1.165, 1.54) is 0 Å². The van der Waals surface area contributed by atoms with E-state index in [0.717, 1.165) is 21.9 Å². The molecule has 0 unspecified atom stereocenters. The molecule has 0 aromatic carbocycles. The third kappa shape index (κ3) is 1.12. The van der Waals surface area contributed by atoms with Gasteiger partial charge in [-0.1, -0.05) is 11.3 Å². The molecule has 2 heterocycles. The molecule has 12 heavy (non-hydrogen) atoms. The number of aromatic amines is 1. The van der Waals surface area contributed by atoms with Crippen molar-refractivity contribution in [3.63, 3.8) is 0 Å². The zero-order valence-corrected chi connectivity index (χ0v) is 7.53. The van der Waals surface area contributed by atoms with Gasteiger partial charge in [-0.25, -0.2) is 4.98 Å². The molecule has 64 valence electrons. The summed E-state index contributed by atoms with van der Waals surface area (Å²) in [5, 5.41) is 4.35. The van der Waals surface area contributed by atoms with Crippen molar-refractivity contribution < 1.29 is 0 Å². The molecule has 4 N–H and O–H groups in total. The van der Waals surface area contributed by atoms with Gasteiger partial charge in [-0.2, -0.15) is 0 Å². The second-order valence-electron chi connectivity index (χ2n) is 2.48. The SMILES string of the molecule is CCNc1cc2[nH]c(N)nc2s1. The largest absolute Gasteiger partial charge is 0.377 e. The zero-order chi connectivity index (χ0) is 8.55. The summed E-state index contributed by atoms with van der Waals surface area (Å²) in [6, 6.07) is 2.02. The highest BCUT2D eigenvalue weighted by atomic mass is 32.1. The third-order valence-electron chi connectivity index (χ3n) is 1.55. The lowest BCUT2D eigenvalue weighted by Crippen LogP contribution is -1.92. The first-order valence-electron chi connectivity index (χ1n) is 3.78. The maximum atomic E-state index is 5.48. The van der Waals surface area contributed by atoms with Crippen molar-refractivity contribution in [3.05, 3.63) is 6.07 Å². The van der Waals surface area contributed by atoms with E-state index < -0.39 is 0 Å². The highest BCUT2D eigenvalue weighted by molar-refractivity contribution is 7.22. The quantitative estimate of drug-likeness (QED) is 0.661. The number of rotatable bonds is 2. The molecule has 0 atom stereocenters. The van der Waals surface area contributed by atoms with E-state index in [2.05, 4.69) is 22.2 Å². The maximum absolute atomic E-state index is 5.48. The van der Waals surface area contributed by atoms with Gasteiger partial charge in [0.1, 0.15) is 4.83 Å². The summed E-state index contributed by atoms with van der Waals surface area (Å²) in [4.78, 5) is 8.05. The molecule has 0 amide bonds. The molecule has 0 saturated heterocycles. The van der Waals surface area contributed by atoms with Crippen LogP contribution in [-0.2, 0) is 0 Å². The predicted octanol–water partition coefficient (Wildman–Crippen LogP) is 1.64. The van der Waals surface area contributed by atoms with Gasteiger partial charge < -0.3 is 16.0 Å². The lowest BCUT2D eigenvalue weighted by molar-refractivity contribution is 1.23. The van der Waals surface area contributed by atoms with Gasteiger partial charge in [0.2, 0.25) is 0 Å². The van der Waals surface area contributed by atoms with Crippen LogP contribution in [0.5, 0.6) is 0 Å².